The Balaban J connectivity index is 0. The molecule has 0 aliphatic heterocycles. The number of nitrogens with one attached hydrogen (secondary N) is 1. The number of rotatable bonds is 10. The van der Waals surface area contributed by atoms with Crippen LogP contribution in [0, 0.1) is 30.0 Å². The molecule has 0 saturated heterocycles. The summed E-state index contributed by atoms with van der Waals surface area (Å²) in [4.78, 5) is 9.31. The number of aryl methyl sites for hydroxylation is 1. The van der Waals surface area contributed by atoms with E-state index in [0.29, 0.717) is 16.7 Å². The van der Waals surface area contributed by atoms with E-state index in [2.05, 4.69) is 26.1 Å². The molecule has 9 heteroatoms. The summed E-state index contributed by atoms with van der Waals surface area (Å²) in [5.74, 6) is 0.347. The molecule has 216 valence electrons. The molecule has 0 fully saturated rings. The quantitative estimate of drug-likeness (QED) is 0.179. The lowest BCUT2D eigenvalue weighted by molar-refractivity contribution is -0.118. The number of nitriles is 1. The van der Waals surface area contributed by atoms with Gasteiger partial charge in [-0.25, -0.2) is 4.39 Å². The summed E-state index contributed by atoms with van der Waals surface area (Å²) in [6.45, 7) is 15.7. The first-order valence-electron chi connectivity index (χ1n) is 12.9. The van der Waals surface area contributed by atoms with Crippen molar-refractivity contribution in [1.82, 2.24) is 5.32 Å². The number of hydrogen-bond donors (Lipinski definition) is 1. The van der Waals surface area contributed by atoms with E-state index >= 15 is 0 Å². The molecule has 0 spiro atoms. The molecule has 0 radical (unpaired) electrons. The zero-order valence-corrected chi connectivity index (χ0v) is 24.6. The van der Waals surface area contributed by atoms with E-state index < -0.39 is 16.1 Å². The number of benzene rings is 2. The van der Waals surface area contributed by atoms with Gasteiger partial charge in [0.25, 0.3) is 0 Å². The Labute approximate surface area is 229 Å². The van der Waals surface area contributed by atoms with Gasteiger partial charge in [0.05, 0.1) is 11.0 Å². The van der Waals surface area contributed by atoms with Gasteiger partial charge in [0, 0.05) is 20.1 Å². The third kappa shape index (κ3) is 18.6. The number of ether oxygens (including phenoxy) is 1. The maximum Gasteiger partial charge on any atom is 0.237 e. The highest BCUT2D eigenvalue weighted by atomic mass is 32.3. The SMILES string of the molecule is CC.CC(=O)NCC#N.CCCOCCCC(C)CC.Cc1ccc(-c2ccc(S(F)(F)F)cc2)cc1F. The lowest BCUT2D eigenvalue weighted by atomic mass is 10.0. The number of nitrogens with zero attached hydrogens (tertiary/aromatic N) is 1. The van der Waals surface area contributed by atoms with Gasteiger partial charge in [-0.15, -0.1) is 11.7 Å². The van der Waals surface area contributed by atoms with Crippen molar-refractivity contribution in [2.75, 3.05) is 19.8 Å². The summed E-state index contributed by atoms with van der Waals surface area (Å²) in [6, 6.07) is 11.2. The molecule has 0 aromatic heterocycles. The van der Waals surface area contributed by atoms with Gasteiger partial charge in [0.1, 0.15) is 12.4 Å². The van der Waals surface area contributed by atoms with E-state index in [1.54, 1.807) is 25.1 Å². The van der Waals surface area contributed by atoms with E-state index in [0.717, 1.165) is 37.7 Å². The summed E-state index contributed by atoms with van der Waals surface area (Å²) < 4.78 is 56.1. The van der Waals surface area contributed by atoms with Crippen LogP contribution in [0.4, 0.5) is 16.0 Å². The van der Waals surface area contributed by atoms with Crippen LogP contribution < -0.4 is 5.32 Å². The third-order valence-electron chi connectivity index (χ3n) is 5.07. The largest absolute Gasteiger partial charge is 0.381 e. The van der Waals surface area contributed by atoms with Crippen LogP contribution in [0.25, 0.3) is 11.1 Å². The molecule has 2 rings (SSSR count). The van der Waals surface area contributed by atoms with Crippen LogP contribution in [-0.2, 0) is 9.53 Å². The van der Waals surface area contributed by atoms with Gasteiger partial charge in [-0.2, -0.15) is 5.26 Å². The monoisotopic (exact) mass is 560 g/mol. The minimum absolute atomic E-state index is 0.106. The second-order valence-corrected chi connectivity index (χ2v) is 9.51. The van der Waals surface area contributed by atoms with Crippen molar-refractivity contribution in [3.63, 3.8) is 0 Å². The number of halogens is 4. The van der Waals surface area contributed by atoms with Crippen molar-refractivity contribution in [3.8, 4) is 17.2 Å². The van der Waals surface area contributed by atoms with Crippen molar-refractivity contribution in [1.29, 1.82) is 5.26 Å². The Hall–Kier alpha value is -2.57. The highest BCUT2D eigenvalue weighted by Gasteiger charge is 2.23. The number of amides is 1. The Kier molecular flexibility index (Phi) is 22.2. The molecule has 0 aliphatic rings. The Morgan fingerprint density at radius 2 is 1.63 bits per heavy atom. The second-order valence-electron chi connectivity index (χ2n) is 8.23. The van der Waals surface area contributed by atoms with Crippen LogP contribution >= 0.6 is 11.2 Å². The molecular weight excluding hydrogens is 516 g/mol. The van der Waals surface area contributed by atoms with Crippen molar-refractivity contribution in [3.05, 3.63) is 53.8 Å². The van der Waals surface area contributed by atoms with Gasteiger partial charge >= 0.3 is 0 Å². The topological polar surface area (TPSA) is 62.1 Å². The zero-order chi connectivity index (χ0) is 29.6. The van der Waals surface area contributed by atoms with E-state index in [-0.39, 0.29) is 18.3 Å². The predicted molar refractivity (Wildman–Crippen MR) is 151 cm³/mol. The van der Waals surface area contributed by atoms with Crippen LogP contribution in [0.3, 0.4) is 0 Å². The minimum atomic E-state index is -5.19. The molecule has 2 aromatic rings. The van der Waals surface area contributed by atoms with Gasteiger partial charge in [-0.3, -0.25) is 4.79 Å². The van der Waals surface area contributed by atoms with Gasteiger partial charge < -0.3 is 10.1 Å². The van der Waals surface area contributed by atoms with Gasteiger partial charge in [0.2, 0.25) is 17.1 Å². The number of hydrogen-bond acceptors (Lipinski definition) is 3. The molecule has 1 amide bonds. The lowest BCUT2D eigenvalue weighted by Crippen LogP contribution is -2.19. The van der Waals surface area contributed by atoms with Crippen LogP contribution in [0.15, 0.2) is 47.4 Å². The standard InChI is InChI=1S/C13H10F4S.C10H22O.C4H6N2O.C2H6/c1-9-2-3-11(8-13(9)14)10-4-6-12(7-5-10)18(15,16)17;1-4-8-11-9-6-7-10(3)5-2;1-4(7)6-3-2-5;1-2/h2-8H,1H3;10H,4-9H2,1-3H3;3H2,1H3,(H,6,7);1-2H3. The second kappa shape index (κ2) is 22.4. The molecule has 4 nitrogen and oxygen atoms in total. The molecule has 2 aromatic carbocycles. The van der Waals surface area contributed by atoms with E-state index in [9.17, 15) is 20.8 Å². The molecule has 0 aliphatic carbocycles. The fourth-order valence-corrected chi connectivity index (χ4v) is 3.17. The maximum atomic E-state index is 13.4. The summed E-state index contributed by atoms with van der Waals surface area (Å²) in [5.41, 5.74) is 1.65. The van der Waals surface area contributed by atoms with Crippen LogP contribution in [0.5, 0.6) is 0 Å². The van der Waals surface area contributed by atoms with Crippen molar-refractivity contribution in [2.24, 2.45) is 5.92 Å². The first-order valence-corrected chi connectivity index (χ1v) is 14.3. The molecular formula is C29H44F4N2O2S. The highest BCUT2D eigenvalue weighted by molar-refractivity contribution is 8.20. The molecule has 0 saturated carbocycles. The fraction of sp³-hybridized carbons (Fsp3) is 0.517. The summed E-state index contributed by atoms with van der Waals surface area (Å²) in [7, 11) is 0. The van der Waals surface area contributed by atoms with E-state index in [1.165, 1.54) is 44.4 Å². The predicted octanol–water partition coefficient (Wildman–Crippen LogP) is 9.53. The Bertz CT molecular complexity index is 930. The van der Waals surface area contributed by atoms with Crippen LogP contribution in [0.1, 0.15) is 72.8 Å². The molecule has 1 atom stereocenters. The van der Waals surface area contributed by atoms with E-state index in [1.807, 2.05) is 13.8 Å². The van der Waals surface area contributed by atoms with Crippen LogP contribution in [0.2, 0.25) is 0 Å². The van der Waals surface area contributed by atoms with Crippen LogP contribution in [-0.4, -0.2) is 25.7 Å². The zero-order valence-electron chi connectivity index (χ0n) is 23.8. The van der Waals surface area contributed by atoms with E-state index in [4.69, 9.17) is 10.00 Å². The first-order chi connectivity index (χ1) is 18.0. The number of carbonyl (C=O) groups excluding carboxylic acids is 1. The van der Waals surface area contributed by atoms with Gasteiger partial charge in [0.15, 0.2) is 0 Å². The Morgan fingerprint density at radius 1 is 1.05 bits per heavy atom. The summed E-state index contributed by atoms with van der Waals surface area (Å²) >= 11 is -5.19. The Morgan fingerprint density at radius 3 is 2.05 bits per heavy atom. The molecule has 0 bridgehead atoms. The lowest BCUT2D eigenvalue weighted by Gasteiger charge is -2.10. The average Bonchev–Trinajstić information content (AvgIpc) is 2.90. The van der Waals surface area contributed by atoms with Crippen molar-refractivity contribution >= 4 is 17.1 Å². The first kappa shape index (κ1) is 37.6. The smallest absolute Gasteiger partial charge is 0.237 e. The fourth-order valence-electron chi connectivity index (χ4n) is 2.72. The maximum absolute atomic E-state index is 13.4. The molecule has 1 unspecified atom stereocenters. The number of carbonyl (C=O) groups is 1. The van der Waals surface area contributed by atoms with Crippen molar-refractivity contribution < 1.29 is 25.6 Å². The summed E-state index contributed by atoms with van der Waals surface area (Å²) in [6.07, 6.45) is 4.99. The third-order valence-corrected chi connectivity index (χ3v) is 5.88. The molecule has 38 heavy (non-hydrogen) atoms. The molecule has 0 heterocycles. The van der Waals surface area contributed by atoms with Crippen molar-refractivity contribution in [2.45, 2.75) is 79.0 Å². The summed E-state index contributed by atoms with van der Waals surface area (Å²) in [5, 5.41) is 10.1. The van der Waals surface area contributed by atoms with Gasteiger partial charge in [-0.05, 0) is 67.0 Å². The average molecular weight is 561 g/mol. The van der Waals surface area contributed by atoms with Gasteiger partial charge in [-0.1, -0.05) is 65.3 Å². The highest BCUT2D eigenvalue weighted by Crippen LogP contribution is 2.60. The molecule has 1 N–H and O–H groups in total. The minimum Gasteiger partial charge on any atom is -0.381 e. The normalized spacial score (nSPS) is 11.2.